The van der Waals surface area contributed by atoms with E-state index in [4.69, 9.17) is 0 Å². The first kappa shape index (κ1) is 13.3. The quantitative estimate of drug-likeness (QED) is 0.763. The van der Waals surface area contributed by atoms with Crippen LogP contribution in [0.4, 0.5) is 10.5 Å². The molecule has 1 aliphatic rings. The molecule has 0 aromatic heterocycles. The van der Waals surface area contributed by atoms with E-state index in [0.717, 1.165) is 17.7 Å². The fourth-order valence-electron chi connectivity index (χ4n) is 2.27. The van der Waals surface area contributed by atoms with E-state index in [-0.39, 0.29) is 17.9 Å². The average molecular weight is 258 g/mol. The van der Waals surface area contributed by atoms with E-state index in [1.54, 1.807) is 23.9 Å². The Kier molecular flexibility index (Phi) is 3.69. The van der Waals surface area contributed by atoms with E-state index >= 15 is 0 Å². The van der Waals surface area contributed by atoms with Crippen LogP contribution in [0.25, 0.3) is 0 Å². The van der Waals surface area contributed by atoms with Gasteiger partial charge in [0.05, 0.1) is 6.04 Å². The number of ketones is 1. The van der Waals surface area contributed by atoms with Gasteiger partial charge in [0, 0.05) is 19.8 Å². The Bertz CT molecular complexity index is 535. The van der Waals surface area contributed by atoms with Gasteiger partial charge in [-0.2, -0.15) is 0 Å². The molecule has 0 spiro atoms. The zero-order valence-electron chi connectivity index (χ0n) is 11.5. The molecule has 2 rings (SSSR count). The molecular weight excluding hydrogens is 240 g/mol. The maximum Gasteiger partial charge on any atom is 0.324 e. The van der Waals surface area contributed by atoms with Crippen molar-refractivity contribution in [3.8, 4) is 0 Å². The third-order valence-electron chi connectivity index (χ3n) is 3.15. The number of nitrogens with zero attached hydrogens (tertiary/aromatic N) is 2. The zero-order chi connectivity index (χ0) is 14.0. The average Bonchev–Trinajstić information content (AvgIpc) is 2.73. The number of para-hydroxylation sites is 1. The third-order valence-corrected chi connectivity index (χ3v) is 3.15. The Balaban J connectivity index is 2.36. The standard InChI is InChI=1S/C15H18N2O2/c1-11(18)8-9-13-10-12-6-4-5-7-14(12)17(13)15(19)16(2)3/h4-9,13H,10H2,1-3H3/b9-8+. The van der Waals surface area contributed by atoms with Crippen molar-refractivity contribution < 1.29 is 9.59 Å². The van der Waals surface area contributed by atoms with E-state index in [2.05, 4.69) is 0 Å². The molecule has 1 heterocycles. The summed E-state index contributed by atoms with van der Waals surface area (Å²) in [7, 11) is 3.46. The van der Waals surface area contributed by atoms with Crippen LogP contribution in [0.2, 0.25) is 0 Å². The van der Waals surface area contributed by atoms with Crippen LogP contribution in [-0.4, -0.2) is 36.9 Å². The second-order valence-corrected chi connectivity index (χ2v) is 4.92. The summed E-state index contributed by atoms with van der Waals surface area (Å²) in [6.07, 6.45) is 4.09. The minimum absolute atomic E-state index is 0.00629. The lowest BCUT2D eigenvalue weighted by Gasteiger charge is -2.26. The van der Waals surface area contributed by atoms with Gasteiger partial charge in [0.25, 0.3) is 0 Å². The van der Waals surface area contributed by atoms with Crippen LogP contribution in [0.15, 0.2) is 36.4 Å². The van der Waals surface area contributed by atoms with Crippen molar-refractivity contribution in [1.29, 1.82) is 0 Å². The highest BCUT2D eigenvalue weighted by Crippen LogP contribution is 2.33. The van der Waals surface area contributed by atoms with Crippen LogP contribution in [0.5, 0.6) is 0 Å². The highest BCUT2D eigenvalue weighted by Gasteiger charge is 2.32. The molecule has 4 heteroatoms. The van der Waals surface area contributed by atoms with E-state index in [0.29, 0.717) is 0 Å². The van der Waals surface area contributed by atoms with Crippen LogP contribution >= 0.6 is 0 Å². The second-order valence-electron chi connectivity index (χ2n) is 4.92. The summed E-state index contributed by atoms with van der Waals surface area (Å²) in [5.41, 5.74) is 2.07. The molecule has 0 bridgehead atoms. The second kappa shape index (κ2) is 5.26. The van der Waals surface area contributed by atoms with Crippen LogP contribution in [-0.2, 0) is 11.2 Å². The molecule has 4 nitrogen and oxygen atoms in total. The van der Waals surface area contributed by atoms with Gasteiger partial charge in [0.2, 0.25) is 0 Å². The number of hydrogen-bond acceptors (Lipinski definition) is 2. The molecule has 0 aliphatic carbocycles. The summed E-state index contributed by atoms with van der Waals surface area (Å²) in [5.74, 6) is -0.00629. The number of allylic oxidation sites excluding steroid dienone is 1. The molecule has 1 unspecified atom stereocenters. The third kappa shape index (κ3) is 2.67. The Labute approximate surface area is 113 Å². The van der Waals surface area contributed by atoms with Gasteiger partial charge in [0.15, 0.2) is 5.78 Å². The highest BCUT2D eigenvalue weighted by molar-refractivity contribution is 5.95. The highest BCUT2D eigenvalue weighted by atomic mass is 16.2. The summed E-state index contributed by atoms with van der Waals surface area (Å²) < 4.78 is 0. The van der Waals surface area contributed by atoms with Gasteiger partial charge in [-0.3, -0.25) is 9.69 Å². The van der Waals surface area contributed by atoms with Gasteiger partial charge in [-0.15, -0.1) is 0 Å². The summed E-state index contributed by atoms with van der Waals surface area (Å²) in [4.78, 5) is 26.7. The van der Waals surface area contributed by atoms with Crippen LogP contribution in [0.3, 0.4) is 0 Å². The number of anilines is 1. The Morgan fingerprint density at radius 2 is 2.00 bits per heavy atom. The minimum atomic E-state index is -0.0869. The summed E-state index contributed by atoms with van der Waals surface area (Å²) >= 11 is 0. The van der Waals surface area contributed by atoms with E-state index < -0.39 is 0 Å². The molecule has 1 aliphatic heterocycles. The van der Waals surface area contributed by atoms with Crippen molar-refractivity contribution in [1.82, 2.24) is 4.90 Å². The van der Waals surface area contributed by atoms with Gasteiger partial charge in [0.1, 0.15) is 0 Å². The van der Waals surface area contributed by atoms with Gasteiger partial charge in [-0.25, -0.2) is 4.79 Å². The molecule has 1 atom stereocenters. The topological polar surface area (TPSA) is 40.6 Å². The predicted octanol–water partition coefficient (Wildman–Crippen LogP) is 2.24. The fourth-order valence-corrected chi connectivity index (χ4v) is 2.27. The largest absolute Gasteiger partial charge is 0.330 e. The molecular formula is C15H18N2O2. The first-order valence-electron chi connectivity index (χ1n) is 6.28. The first-order chi connectivity index (χ1) is 9.00. The van der Waals surface area contributed by atoms with Crippen LogP contribution < -0.4 is 4.90 Å². The van der Waals surface area contributed by atoms with Crippen molar-refractivity contribution >= 4 is 17.5 Å². The van der Waals surface area contributed by atoms with Crippen molar-refractivity contribution in [2.24, 2.45) is 0 Å². The molecule has 1 aromatic rings. The summed E-state index contributed by atoms with van der Waals surface area (Å²) in [5, 5.41) is 0. The number of rotatable bonds is 2. The smallest absolute Gasteiger partial charge is 0.324 e. The Hall–Kier alpha value is -2.10. The molecule has 100 valence electrons. The van der Waals surface area contributed by atoms with Crippen molar-refractivity contribution in [2.75, 3.05) is 19.0 Å². The number of fused-ring (bicyclic) bond motifs is 1. The molecule has 0 saturated carbocycles. The number of hydrogen-bond donors (Lipinski definition) is 0. The maximum absolute atomic E-state index is 12.3. The van der Waals surface area contributed by atoms with Gasteiger partial charge < -0.3 is 4.90 Å². The van der Waals surface area contributed by atoms with E-state index in [1.165, 1.54) is 13.0 Å². The van der Waals surface area contributed by atoms with Crippen molar-refractivity contribution in [3.05, 3.63) is 42.0 Å². The predicted molar refractivity (Wildman–Crippen MR) is 75.3 cm³/mol. The molecule has 2 amide bonds. The molecule has 0 N–H and O–H groups in total. The first-order valence-corrected chi connectivity index (χ1v) is 6.28. The van der Waals surface area contributed by atoms with Crippen molar-refractivity contribution in [2.45, 2.75) is 19.4 Å². The van der Waals surface area contributed by atoms with Crippen LogP contribution in [0, 0.1) is 0 Å². The van der Waals surface area contributed by atoms with Gasteiger partial charge in [-0.05, 0) is 31.1 Å². The van der Waals surface area contributed by atoms with Gasteiger partial charge >= 0.3 is 6.03 Å². The van der Waals surface area contributed by atoms with Gasteiger partial charge in [-0.1, -0.05) is 24.3 Å². The van der Waals surface area contributed by atoms with E-state index in [9.17, 15) is 9.59 Å². The monoisotopic (exact) mass is 258 g/mol. The normalized spacial score (nSPS) is 17.6. The molecule has 0 fully saturated rings. The number of amides is 2. The summed E-state index contributed by atoms with van der Waals surface area (Å²) in [6.45, 7) is 1.51. The summed E-state index contributed by atoms with van der Waals surface area (Å²) in [6, 6.07) is 7.70. The molecule has 0 radical (unpaired) electrons. The molecule has 1 aromatic carbocycles. The maximum atomic E-state index is 12.3. The fraction of sp³-hybridized carbons (Fsp3) is 0.333. The lowest BCUT2D eigenvalue weighted by molar-refractivity contribution is -0.112. The Morgan fingerprint density at radius 1 is 1.32 bits per heavy atom. The minimum Gasteiger partial charge on any atom is -0.330 e. The SMILES string of the molecule is CC(=O)/C=C/C1Cc2ccccc2N1C(=O)N(C)C. The number of benzene rings is 1. The number of carbonyl (C=O) groups is 2. The van der Waals surface area contributed by atoms with Crippen LogP contribution in [0.1, 0.15) is 12.5 Å². The van der Waals surface area contributed by atoms with E-state index in [1.807, 2.05) is 30.3 Å². The number of urea groups is 1. The lowest BCUT2D eigenvalue weighted by Crippen LogP contribution is -2.43. The Morgan fingerprint density at radius 3 is 2.63 bits per heavy atom. The molecule has 19 heavy (non-hydrogen) atoms. The number of carbonyl (C=O) groups excluding carboxylic acids is 2. The van der Waals surface area contributed by atoms with Crippen molar-refractivity contribution in [3.63, 3.8) is 0 Å². The lowest BCUT2D eigenvalue weighted by atomic mass is 10.1. The zero-order valence-corrected chi connectivity index (χ0v) is 11.5. The molecule has 0 saturated heterocycles.